The van der Waals surface area contributed by atoms with Crippen molar-refractivity contribution in [1.29, 1.82) is 0 Å². The highest BCUT2D eigenvalue weighted by Gasteiger charge is 2.79. The number of fused-ring (bicyclic) bond motifs is 1. The summed E-state index contributed by atoms with van der Waals surface area (Å²) in [7, 11) is 0. The van der Waals surface area contributed by atoms with Crippen LogP contribution in [-0.2, 0) is 23.9 Å². The van der Waals surface area contributed by atoms with Gasteiger partial charge in [-0.15, -0.1) is 13.2 Å². The Kier molecular flexibility index (Phi) is 6.84. The van der Waals surface area contributed by atoms with Gasteiger partial charge in [-0.2, -0.15) is 0 Å². The van der Waals surface area contributed by atoms with E-state index in [0.717, 1.165) is 0 Å². The molecular formula is C25H38N2O6. The van der Waals surface area contributed by atoms with Crippen LogP contribution in [0.2, 0.25) is 0 Å². The second-order valence-corrected chi connectivity index (χ2v) is 10.7. The Labute approximate surface area is 196 Å². The largest absolute Gasteiger partial charge is 0.465 e. The molecule has 1 N–H and O–H groups in total. The summed E-state index contributed by atoms with van der Waals surface area (Å²) in [5.41, 5.74) is -2.55. The SMILES string of the molecule is C=CCCOC(=O)[C@H]1[C@H]2C(=O)N([C@H](C)CO)C(C(=O)N(CC=C)C(C)(C)C)C23CC[C@]1(C)O3. The van der Waals surface area contributed by atoms with Crippen molar-refractivity contribution in [2.45, 2.75) is 82.7 Å². The summed E-state index contributed by atoms with van der Waals surface area (Å²) in [6, 6.07) is -1.55. The molecule has 2 bridgehead atoms. The third-order valence-electron chi connectivity index (χ3n) is 7.40. The van der Waals surface area contributed by atoms with Gasteiger partial charge >= 0.3 is 5.97 Å². The molecule has 3 saturated heterocycles. The standard InChI is InChI=1S/C25H38N2O6/c1-8-10-14-32-22(31)18-17-20(29)27(16(3)15-28)19(25(17)12-11-24(18,7)33-25)21(30)26(13-9-2)23(4,5)6/h8-9,16-19,28H,1-2,10-15H2,3-7H3/t16-,17+,18-,19?,24+,25?/m1/s1. The predicted molar refractivity (Wildman–Crippen MR) is 123 cm³/mol. The summed E-state index contributed by atoms with van der Waals surface area (Å²) in [5, 5.41) is 9.94. The zero-order valence-electron chi connectivity index (χ0n) is 20.5. The quantitative estimate of drug-likeness (QED) is 0.320. The number of ether oxygens (including phenoxy) is 2. The number of aliphatic hydroxyl groups excluding tert-OH is 1. The first-order valence-electron chi connectivity index (χ1n) is 11.7. The number of aliphatic hydroxyl groups is 1. The van der Waals surface area contributed by atoms with Crippen molar-refractivity contribution in [3.63, 3.8) is 0 Å². The number of amides is 2. The molecule has 8 nitrogen and oxygen atoms in total. The van der Waals surface area contributed by atoms with Crippen LogP contribution in [0.1, 0.15) is 53.9 Å². The lowest BCUT2D eigenvalue weighted by Crippen LogP contribution is -2.61. The molecule has 0 aromatic heterocycles. The number of likely N-dealkylation sites (tertiary alicyclic amines) is 1. The Morgan fingerprint density at radius 3 is 2.55 bits per heavy atom. The first-order valence-corrected chi connectivity index (χ1v) is 11.7. The number of carbonyl (C=O) groups is 3. The van der Waals surface area contributed by atoms with Crippen LogP contribution < -0.4 is 0 Å². The summed E-state index contributed by atoms with van der Waals surface area (Å²) in [5.74, 6) is -2.72. The molecule has 1 spiro atoms. The lowest BCUT2D eigenvalue weighted by atomic mass is 9.66. The number of nitrogens with zero attached hydrogens (tertiary/aromatic N) is 2. The molecule has 2 unspecified atom stereocenters. The van der Waals surface area contributed by atoms with E-state index in [4.69, 9.17) is 9.47 Å². The molecule has 2 amide bonds. The van der Waals surface area contributed by atoms with Crippen molar-refractivity contribution in [1.82, 2.24) is 9.80 Å². The van der Waals surface area contributed by atoms with Gasteiger partial charge in [-0.3, -0.25) is 14.4 Å². The molecule has 3 rings (SSSR count). The topological polar surface area (TPSA) is 96.4 Å². The summed E-state index contributed by atoms with van der Waals surface area (Å²) in [6.45, 7) is 16.9. The van der Waals surface area contributed by atoms with Crippen LogP contribution >= 0.6 is 0 Å². The van der Waals surface area contributed by atoms with E-state index in [9.17, 15) is 19.5 Å². The third kappa shape index (κ3) is 3.91. The van der Waals surface area contributed by atoms with E-state index >= 15 is 0 Å². The van der Waals surface area contributed by atoms with Gasteiger partial charge in [0, 0.05) is 12.1 Å². The van der Waals surface area contributed by atoms with Crippen LogP contribution in [0.5, 0.6) is 0 Å². The second kappa shape index (κ2) is 8.87. The molecule has 3 aliphatic rings. The van der Waals surface area contributed by atoms with Gasteiger partial charge in [0.15, 0.2) is 0 Å². The maximum atomic E-state index is 14.1. The molecule has 0 aromatic rings. The van der Waals surface area contributed by atoms with Crippen molar-refractivity contribution >= 4 is 17.8 Å². The average Bonchev–Trinajstić information content (AvgIpc) is 3.31. The van der Waals surface area contributed by atoms with Gasteiger partial charge in [-0.1, -0.05) is 12.2 Å². The highest BCUT2D eigenvalue weighted by molar-refractivity contribution is 5.99. The van der Waals surface area contributed by atoms with E-state index in [1.807, 2.05) is 27.7 Å². The van der Waals surface area contributed by atoms with E-state index in [1.165, 1.54) is 4.90 Å². The lowest BCUT2D eigenvalue weighted by molar-refractivity contribution is -0.162. The Morgan fingerprint density at radius 1 is 1.33 bits per heavy atom. The fourth-order valence-electron chi connectivity index (χ4n) is 5.87. The van der Waals surface area contributed by atoms with Gasteiger partial charge in [0.2, 0.25) is 11.8 Å². The van der Waals surface area contributed by atoms with Crippen LogP contribution in [0.15, 0.2) is 25.3 Å². The number of carbonyl (C=O) groups excluding carboxylic acids is 3. The second-order valence-electron chi connectivity index (χ2n) is 10.7. The smallest absolute Gasteiger partial charge is 0.312 e. The molecule has 0 aliphatic carbocycles. The molecule has 3 heterocycles. The van der Waals surface area contributed by atoms with Crippen molar-refractivity contribution in [2.75, 3.05) is 19.8 Å². The number of rotatable bonds is 9. The predicted octanol–water partition coefficient (Wildman–Crippen LogP) is 2.06. The van der Waals surface area contributed by atoms with E-state index in [1.54, 1.807) is 24.0 Å². The van der Waals surface area contributed by atoms with Gasteiger partial charge in [0.1, 0.15) is 17.6 Å². The Morgan fingerprint density at radius 2 is 2.00 bits per heavy atom. The molecule has 0 saturated carbocycles. The highest BCUT2D eigenvalue weighted by atomic mass is 16.6. The Balaban J connectivity index is 2.08. The molecule has 3 fully saturated rings. The first kappa shape index (κ1) is 25.4. The minimum absolute atomic E-state index is 0.180. The molecule has 3 aliphatic heterocycles. The maximum absolute atomic E-state index is 14.1. The van der Waals surface area contributed by atoms with Crippen LogP contribution in [0.25, 0.3) is 0 Å². The van der Waals surface area contributed by atoms with Gasteiger partial charge in [0.25, 0.3) is 0 Å². The Hall–Kier alpha value is -2.19. The highest BCUT2D eigenvalue weighted by Crippen LogP contribution is 2.63. The minimum atomic E-state index is -1.14. The number of hydrogen-bond donors (Lipinski definition) is 1. The van der Waals surface area contributed by atoms with Crippen molar-refractivity contribution in [2.24, 2.45) is 11.8 Å². The van der Waals surface area contributed by atoms with E-state index < -0.39 is 46.6 Å². The summed E-state index contributed by atoms with van der Waals surface area (Å²) in [6.07, 6.45) is 4.85. The van der Waals surface area contributed by atoms with Crippen molar-refractivity contribution < 1.29 is 29.0 Å². The zero-order chi connectivity index (χ0) is 24.8. The van der Waals surface area contributed by atoms with Gasteiger partial charge in [-0.05, 0) is 53.9 Å². The molecule has 184 valence electrons. The fourth-order valence-corrected chi connectivity index (χ4v) is 5.87. The fraction of sp³-hybridized carbons (Fsp3) is 0.720. The summed E-state index contributed by atoms with van der Waals surface area (Å²) in [4.78, 5) is 44.2. The lowest BCUT2D eigenvalue weighted by Gasteiger charge is -2.43. The van der Waals surface area contributed by atoms with Crippen LogP contribution in [-0.4, -0.2) is 81.3 Å². The van der Waals surface area contributed by atoms with Crippen LogP contribution in [0, 0.1) is 11.8 Å². The molecular weight excluding hydrogens is 424 g/mol. The molecule has 0 radical (unpaired) electrons. The molecule has 6 atom stereocenters. The van der Waals surface area contributed by atoms with Gasteiger partial charge < -0.3 is 24.4 Å². The molecule has 33 heavy (non-hydrogen) atoms. The zero-order valence-corrected chi connectivity index (χ0v) is 20.5. The normalized spacial score (nSPS) is 33.6. The van der Waals surface area contributed by atoms with Gasteiger partial charge in [0.05, 0.1) is 30.8 Å². The van der Waals surface area contributed by atoms with E-state index in [-0.39, 0.29) is 25.0 Å². The maximum Gasteiger partial charge on any atom is 0.312 e. The molecule has 0 aromatic carbocycles. The molecule has 8 heteroatoms. The monoisotopic (exact) mass is 462 g/mol. The van der Waals surface area contributed by atoms with E-state index in [2.05, 4.69) is 13.2 Å². The Bertz CT molecular complexity index is 835. The first-order chi connectivity index (χ1) is 15.4. The van der Waals surface area contributed by atoms with Crippen molar-refractivity contribution in [3.05, 3.63) is 25.3 Å². The van der Waals surface area contributed by atoms with Crippen LogP contribution in [0.3, 0.4) is 0 Å². The third-order valence-corrected chi connectivity index (χ3v) is 7.40. The average molecular weight is 463 g/mol. The number of hydrogen-bond acceptors (Lipinski definition) is 6. The minimum Gasteiger partial charge on any atom is -0.465 e. The number of esters is 1. The van der Waals surface area contributed by atoms with Crippen LogP contribution in [0.4, 0.5) is 0 Å². The summed E-state index contributed by atoms with van der Waals surface area (Å²) < 4.78 is 12.0. The van der Waals surface area contributed by atoms with Gasteiger partial charge in [-0.25, -0.2) is 0 Å². The van der Waals surface area contributed by atoms with E-state index in [0.29, 0.717) is 25.8 Å². The summed E-state index contributed by atoms with van der Waals surface area (Å²) >= 11 is 0. The van der Waals surface area contributed by atoms with Crippen molar-refractivity contribution in [3.8, 4) is 0 Å².